The molecule has 0 aromatic heterocycles. The van der Waals surface area contributed by atoms with Crippen LogP contribution >= 0.6 is 0 Å². The first-order chi connectivity index (χ1) is 9.55. The molecule has 0 saturated carbocycles. The van der Waals surface area contributed by atoms with Crippen molar-refractivity contribution in [3.05, 3.63) is 35.4 Å². The third kappa shape index (κ3) is 3.27. The smallest absolute Gasteiger partial charge is 0.170 e. The van der Waals surface area contributed by atoms with Gasteiger partial charge in [-0.3, -0.25) is 0 Å². The van der Waals surface area contributed by atoms with E-state index in [2.05, 4.69) is 10.5 Å². The van der Waals surface area contributed by atoms with E-state index >= 15 is 0 Å². The number of hydrogen-bond donors (Lipinski definition) is 4. The van der Waals surface area contributed by atoms with Gasteiger partial charge in [-0.25, -0.2) is 0 Å². The minimum atomic E-state index is -0.784. The van der Waals surface area contributed by atoms with E-state index in [9.17, 15) is 5.11 Å². The van der Waals surface area contributed by atoms with E-state index < -0.39 is 5.60 Å². The van der Waals surface area contributed by atoms with Gasteiger partial charge in [-0.05, 0) is 12.5 Å². The third-order valence-corrected chi connectivity index (χ3v) is 3.78. The molecule has 0 aliphatic carbocycles. The van der Waals surface area contributed by atoms with Crippen LogP contribution in [0.15, 0.2) is 29.4 Å². The number of rotatable bonds is 5. The van der Waals surface area contributed by atoms with Crippen LogP contribution in [0.1, 0.15) is 24.5 Å². The first-order valence-corrected chi connectivity index (χ1v) is 6.67. The van der Waals surface area contributed by atoms with Gasteiger partial charge in [0.25, 0.3) is 0 Å². The van der Waals surface area contributed by atoms with Gasteiger partial charge in [-0.2, -0.15) is 0 Å². The number of nitrogens with zero attached hydrogens (tertiary/aromatic N) is 1. The van der Waals surface area contributed by atoms with Crippen LogP contribution in [0.3, 0.4) is 0 Å². The molecule has 1 aliphatic heterocycles. The number of nitrogens with two attached hydrogens (primary N) is 1. The first kappa shape index (κ1) is 14.8. The summed E-state index contributed by atoms with van der Waals surface area (Å²) >= 11 is 0. The Bertz CT molecular complexity index is 475. The summed E-state index contributed by atoms with van der Waals surface area (Å²) in [6.07, 6.45) is 0.516. The zero-order valence-corrected chi connectivity index (χ0v) is 11.5. The van der Waals surface area contributed by atoms with Crippen molar-refractivity contribution in [1.82, 2.24) is 5.32 Å². The second-order valence-electron chi connectivity index (χ2n) is 5.15. The van der Waals surface area contributed by atoms with Crippen molar-refractivity contribution in [2.75, 3.05) is 13.2 Å². The summed E-state index contributed by atoms with van der Waals surface area (Å²) in [5.74, 6) is 0.0933. The number of oxime groups is 1. The maximum atomic E-state index is 10.3. The van der Waals surface area contributed by atoms with E-state index in [1.54, 1.807) is 12.1 Å². The summed E-state index contributed by atoms with van der Waals surface area (Å²) in [7, 11) is 0. The van der Waals surface area contributed by atoms with Crippen LogP contribution in [0.2, 0.25) is 0 Å². The zero-order chi connectivity index (χ0) is 14.6. The van der Waals surface area contributed by atoms with Gasteiger partial charge in [0.05, 0.1) is 6.10 Å². The molecule has 2 rings (SSSR count). The van der Waals surface area contributed by atoms with Gasteiger partial charge < -0.3 is 26.1 Å². The van der Waals surface area contributed by atoms with Crippen LogP contribution < -0.4 is 11.1 Å². The van der Waals surface area contributed by atoms with Gasteiger partial charge >= 0.3 is 0 Å². The Morgan fingerprint density at radius 3 is 2.75 bits per heavy atom. The SMILES string of the molecule is CC1OCCC1(O)CNCc1ccc(/C(N)=N/O)cc1. The van der Waals surface area contributed by atoms with E-state index in [1.165, 1.54) is 0 Å². The average molecular weight is 279 g/mol. The number of amidine groups is 1. The van der Waals surface area contributed by atoms with Crippen molar-refractivity contribution < 1.29 is 15.1 Å². The summed E-state index contributed by atoms with van der Waals surface area (Å²) < 4.78 is 5.38. The molecule has 1 aromatic rings. The number of nitrogens with one attached hydrogen (secondary N) is 1. The fourth-order valence-electron chi connectivity index (χ4n) is 2.28. The van der Waals surface area contributed by atoms with Crippen molar-refractivity contribution in [3.8, 4) is 0 Å². The number of aliphatic hydroxyl groups is 1. The highest BCUT2D eigenvalue weighted by Crippen LogP contribution is 2.24. The minimum Gasteiger partial charge on any atom is -0.409 e. The van der Waals surface area contributed by atoms with Crippen molar-refractivity contribution >= 4 is 5.84 Å². The lowest BCUT2D eigenvalue weighted by Crippen LogP contribution is -2.45. The molecule has 0 bridgehead atoms. The molecule has 1 heterocycles. The van der Waals surface area contributed by atoms with Crippen LogP contribution in [0.5, 0.6) is 0 Å². The highest BCUT2D eigenvalue weighted by atomic mass is 16.5. The molecule has 2 unspecified atom stereocenters. The van der Waals surface area contributed by atoms with E-state index in [0.29, 0.717) is 31.7 Å². The monoisotopic (exact) mass is 279 g/mol. The zero-order valence-electron chi connectivity index (χ0n) is 11.5. The molecule has 5 N–H and O–H groups in total. The Morgan fingerprint density at radius 2 is 2.20 bits per heavy atom. The summed E-state index contributed by atoms with van der Waals surface area (Å²) in [6.45, 7) is 3.63. The van der Waals surface area contributed by atoms with E-state index in [1.807, 2.05) is 19.1 Å². The molecule has 1 aliphatic rings. The molecule has 0 spiro atoms. The van der Waals surface area contributed by atoms with Gasteiger partial charge in [0.1, 0.15) is 5.60 Å². The fourth-order valence-corrected chi connectivity index (χ4v) is 2.28. The lowest BCUT2D eigenvalue weighted by atomic mass is 9.96. The highest BCUT2D eigenvalue weighted by molar-refractivity contribution is 5.96. The molecule has 2 atom stereocenters. The van der Waals surface area contributed by atoms with Gasteiger partial charge in [-0.15, -0.1) is 0 Å². The maximum absolute atomic E-state index is 10.3. The lowest BCUT2D eigenvalue weighted by Gasteiger charge is -2.26. The Labute approximate surface area is 118 Å². The molecule has 1 fully saturated rings. The van der Waals surface area contributed by atoms with Crippen LogP contribution in [0, 0.1) is 0 Å². The molecule has 0 amide bonds. The van der Waals surface area contributed by atoms with Gasteiger partial charge in [0.2, 0.25) is 0 Å². The molecule has 110 valence electrons. The van der Waals surface area contributed by atoms with E-state index in [0.717, 1.165) is 5.56 Å². The van der Waals surface area contributed by atoms with Gasteiger partial charge in [-0.1, -0.05) is 29.4 Å². The largest absolute Gasteiger partial charge is 0.409 e. The molecule has 1 aromatic carbocycles. The minimum absolute atomic E-state index is 0.0933. The normalized spacial score (nSPS) is 26.9. The van der Waals surface area contributed by atoms with Crippen LogP contribution in [0.4, 0.5) is 0 Å². The molecule has 6 nitrogen and oxygen atoms in total. The standard InChI is InChI=1S/C14H21N3O3/c1-10-14(18,6-7-20-10)9-16-8-11-2-4-12(5-3-11)13(15)17-19/h2-5,10,16,18-19H,6-9H2,1H3,(H2,15,17). The lowest BCUT2D eigenvalue weighted by molar-refractivity contribution is -0.0262. The van der Waals surface area contributed by atoms with Crippen LogP contribution in [-0.2, 0) is 11.3 Å². The second kappa shape index (κ2) is 6.21. The second-order valence-corrected chi connectivity index (χ2v) is 5.15. The Hall–Kier alpha value is -1.63. The van der Waals surface area contributed by atoms with Gasteiger partial charge in [0.15, 0.2) is 5.84 Å². The van der Waals surface area contributed by atoms with E-state index in [-0.39, 0.29) is 11.9 Å². The quantitative estimate of drug-likeness (QED) is 0.271. The summed E-state index contributed by atoms with van der Waals surface area (Å²) in [6, 6.07) is 7.39. The van der Waals surface area contributed by atoms with Crippen molar-refractivity contribution in [3.63, 3.8) is 0 Å². The average Bonchev–Trinajstić information content (AvgIpc) is 2.79. The molecule has 20 heavy (non-hydrogen) atoms. The number of hydrogen-bond acceptors (Lipinski definition) is 5. The van der Waals surface area contributed by atoms with Gasteiger partial charge in [0, 0.05) is 31.7 Å². The molecule has 6 heteroatoms. The molecular weight excluding hydrogens is 258 g/mol. The predicted octanol–water partition coefficient (Wildman–Crippen LogP) is 0.411. The Kier molecular flexibility index (Phi) is 4.59. The predicted molar refractivity (Wildman–Crippen MR) is 75.6 cm³/mol. The number of benzene rings is 1. The summed E-state index contributed by atoms with van der Waals surface area (Å²) in [5, 5.41) is 25.1. The highest BCUT2D eigenvalue weighted by Gasteiger charge is 2.38. The van der Waals surface area contributed by atoms with Crippen LogP contribution in [-0.4, -0.2) is 41.0 Å². The Morgan fingerprint density at radius 1 is 1.50 bits per heavy atom. The Balaban J connectivity index is 1.85. The van der Waals surface area contributed by atoms with Crippen molar-refractivity contribution in [2.45, 2.75) is 31.6 Å². The van der Waals surface area contributed by atoms with Crippen LogP contribution in [0.25, 0.3) is 0 Å². The summed E-state index contributed by atoms with van der Waals surface area (Å²) in [4.78, 5) is 0. The molecule has 1 saturated heterocycles. The fraction of sp³-hybridized carbons (Fsp3) is 0.500. The topological polar surface area (TPSA) is 100 Å². The van der Waals surface area contributed by atoms with Crippen molar-refractivity contribution in [1.29, 1.82) is 0 Å². The number of ether oxygens (including phenoxy) is 1. The molecule has 0 radical (unpaired) electrons. The first-order valence-electron chi connectivity index (χ1n) is 6.67. The maximum Gasteiger partial charge on any atom is 0.170 e. The van der Waals surface area contributed by atoms with E-state index in [4.69, 9.17) is 15.7 Å². The van der Waals surface area contributed by atoms with Crippen molar-refractivity contribution in [2.24, 2.45) is 10.9 Å². The third-order valence-electron chi connectivity index (χ3n) is 3.78. The molecular formula is C14H21N3O3. The summed E-state index contributed by atoms with van der Waals surface area (Å²) in [5.41, 5.74) is 6.45.